The van der Waals surface area contributed by atoms with E-state index in [1.807, 2.05) is 66.9 Å². The van der Waals surface area contributed by atoms with Crippen LogP contribution in [0.25, 0.3) is 5.69 Å². The lowest BCUT2D eigenvalue weighted by Crippen LogP contribution is -2.30. The lowest BCUT2D eigenvalue weighted by atomic mass is 10.0. The molecule has 5 rings (SSSR count). The average Bonchev–Trinajstić information content (AvgIpc) is 3.53. The summed E-state index contributed by atoms with van der Waals surface area (Å²) in [6.07, 6.45) is 3.79. The molecule has 0 amide bonds. The van der Waals surface area contributed by atoms with E-state index in [1.54, 1.807) is 25.4 Å². The molecule has 0 saturated carbocycles. The molecule has 0 radical (unpaired) electrons. The van der Waals surface area contributed by atoms with Crippen LogP contribution in [0.5, 0.6) is 5.75 Å². The number of esters is 1. The van der Waals surface area contributed by atoms with Gasteiger partial charge < -0.3 is 24.3 Å². The van der Waals surface area contributed by atoms with E-state index in [2.05, 4.69) is 25.8 Å². The molecule has 176 valence electrons. The highest BCUT2D eigenvalue weighted by atomic mass is 32.1. The smallest absolute Gasteiger partial charge is 0.337 e. The highest BCUT2D eigenvalue weighted by molar-refractivity contribution is 7.80. The van der Waals surface area contributed by atoms with Crippen LogP contribution >= 0.6 is 12.2 Å². The molecule has 7 nitrogen and oxygen atoms in total. The maximum Gasteiger partial charge on any atom is 0.337 e. The van der Waals surface area contributed by atoms with Gasteiger partial charge >= 0.3 is 5.97 Å². The van der Waals surface area contributed by atoms with Crippen molar-refractivity contribution < 1.29 is 14.3 Å². The number of nitrogens with zero attached hydrogens (tertiary/aromatic N) is 3. The first kappa shape index (κ1) is 22.6. The number of carbonyl (C=O) groups excluding carboxylic acids is 1. The standard InChI is InChI=1S/C27H24N4O3S/c1-33-21-14-12-20(13-15-21)31-25(24(29-27(31)35)22-6-3-4-16-28-22)23-7-5-17-30(23)19-10-8-18(9-11-19)26(32)34-2/h3-17,24-25H,1-2H3,(H,29,35)/t24-,25+/m1/s1. The lowest BCUT2D eigenvalue weighted by Gasteiger charge is -2.29. The molecule has 1 saturated heterocycles. The Bertz CT molecular complexity index is 1340. The maximum absolute atomic E-state index is 11.9. The summed E-state index contributed by atoms with van der Waals surface area (Å²) >= 11 is 5.83. The molecule has 0 spiro atoms. The zero-order valence-electron chi connectivity index (χ0n) is 19.3. The number of thiocarbonyl (C=S) groups is 1. The van der Waals surface area contributed by atoms with Crippen LogP contribution in [0, 0.1) is 0 Å². The molecular formula is C27H24N4O3S. The minimum Gasteiger partial charge on any atom is -0.497 e. The Morgan fingerprint density at radius 1 is 0.943 bits per heavy atom. The summed E-state index contributed by atoms with van der Waals surface area (Å²) in [4.78, 5) is 18.6. The molecule has 2 atom stereocenters. The first-order valence-corrected chi connectivity index (χ1v) is 11.5. The van der Waals surface area contributed by atoms with Crippen LogP contribution in [0.3, 0.4) is 0 Å². The molecule has 0 bridgehead atoms. The Morgan fingerprint density at radius 3 is 2.34 bits per heavy atom. The fraction of sp³-hybridized carbons (Fsp3) is 0.148. The molecule has 4 aromatic rings. The van der Waals surface area contributed by atoms with Crippen LogP contribution in [-0.4, -0.2) is 34.9 Å². The summed E-state index contributed by atoms with van der Waals surface area (Å²) in [5.41, 5.74) is 4.28. The van der Waals surface area contributed by atoms with Crippen LogP contribution in [0.2, 0.25) is 0 Å². The van der Waals surface area contributed by atoms with Crippen molar-refractivity contribution in [3.05, 3.63) is 108 Å². The molecule has 1 fully saturated rings. The molecule has 0 unspecified atom stereocenters. The van der Waals surface area contributed by atoms with Gasteiger partial charge in [-0.25, -0.2) is 4.79 Å². The number of nitrogens with one attached hydrogen (secondary N) is 1. The van der Waals surface area contributed by atoms with Gasteiger partial charge in [-0.05, 0) is 85.0 Å². The third-order valence-electron chi connectivity index (χ3n) is 6.10. The van der Waals surface area contributed by atoms with Gasteiger partial charge in [0, 0.05) is 29.5 Å². The molecule has 3 heterocycles. The largest absolute Gasteiger partial charge is 0.497 e. The van der Waals surface area contributed by atoms with Crippen molar-refractivity contribution in [2.24, 2.45) is 0 Å². The molecule has 2 aromatic carbocycles. The Balaban J connectivity index is 1.60. The molecule has 2 aromatic heterocycles. The van der Waals surface area contributed by atoms with Crippen LogP contribution in [-0.2, 0) is 4.74 Å². The number of carbonyl (C=O) groups is 1. The van der Waals surface area contributed by atoms with Gasteiger partial charge in [-0.15, -0.1) is 0 Å². The van der Waals surface area contributed by atoms with E-state index in [-0.39, 0.29) is 18.1 Å². The third kappa shape index (κ3) is 4.24. The molecule has 0 aliphatic carbocycles. The minimum atomic E-state index is -0.365. The lowest BCUT2D eigenvalue weighted by molar-refractivity contribution is 0.0600. The molecule has 1 aliphatic heterocycles. The normalized spacial score (nSPS) is 17.2. The van der Waals surface area contributed by atoms with Crippen LogP contribution in [0.15, 0.2) is 91.3 Å². The van der Waals surface area contributed by atoms with Crippen LogP contribution in [0.4, 0.5) is 5.69 Å². The van der Waals surface area contributed by atoms with Crippen LogP contribution < -0.4 is 15.0 Å². The molecular weight excluding hydrogens is 460 g/mol. The number of hydrogen-bond donors (Lipinski definition) is 1. The SMILES string of the molecule is COC(=O)c1ccc(-n2cccc2[C@H]2[C@@H](c3ccccn3)NC(=S)N2c2ccc(OC)cc2)cc1. The van der Waals surface area contributed by atoms with E-state index in [0.29, 0.717) is 10.7 Å². The fourth-order valence-electron chi connectivity index (χ4n) is 4.42. The highest BCUT2D eigenvalue weighted by Gasteiger charge is 2.42. The number of pyridine rings is 1. The third-order valence-corrected chi connectivity index (χ3v) is 6.41. The molecule has 1 aliphatic rings. The van der Waals surface area contributed by atoms with Crippen molar-refractivity contribution in [1.29, 1.82) is 0 Å². The van der Waals surface area contributed by atoms with Crippen molar-refractivity contribution in [1.82, 2.24) is 14.9 Å². The van der Waals surface area contributed by atoms with Gasteiger partial charge in [0.2, 0.25) is 0 Å². The van der Waals surface area contributed by atoms with Crippen LogP contribution in [0.1, 0.15) is 33.8 Å². The van der Waals surface area contributed by atoms with Gasteiger partial charge in [0.25, 0.3) is 0 Å². The molecule has 1 N–H and O–H groups in total. The summed E-state index contributed by atoms with van der Waals surface area (Å²) in [6, 6.07) is 24.8. The van der Waals surface area contributed by atoms with Crippen molar-refractivity contribution in [2.45, 2.75) is 12.1 Å². The van der Waals surface area contributed by atoms with E-state index in [4.69, 9.17) is 21.7 Å². The van der Waals surface area contributed by atoms with Crippen molar-refractivity contribution >= 4 is 29.0 Å². The average molecular weight is 485 g/mol. The van der Waals surface area contributed by atoms with E-state index >= 15 is 0 Å². The van der Waals surface area contributed by atoms with E-state index in [1.165, 1.54) is 7.11 Å². The van der Waals surface area contributed by atoms with Gasteiger partial charge in [0.15, 0.2) is 5.11 Å². The van der Waals surface area contributed by atoms with Gasteiger partial charge in [-0.1, -0.05) is 6.07 Å². The number of hydrogen-bond acceptors (Lipinski definition) is 5. The number of aromatic nitrogens is 2. The summed E-state index contributed by atoms with van der Waals surface area (Å²) < 4.78 is 12.3. The summed E-state index contributed by atoms with van der Waals surface area (Å²) in [5.74, 6) is 0.411. The number of anilines is 1. The zero-order valence-corrected chi connectivity index (χ0v) is 20.1. The molecule has 8 heteroatoms. The second-order valence-electron chi connectivity index (χ2n) is 8.04. The predicted octanol–water partition coefficient (Wildman–Crippen LogP) is 4.84. The van der Waals surface area contributed by atoms with Crippen molar-refractivity contribution in [3.63, 3.8) is 0 Å². The predicted molar refractivity (Wildman–Crippen MR) is 138 cm³/mol. The molecule has 35 heavy (non-hydrogen) atoms. The number of benzene rings is 2. The first-order chi connectivity index (χ1) is 17.1. The van der Waals surface area contributed by atoms with Crippen molar-refractivity contribution in [2.75, 3.05) is 19.1 Å². The Morgan fingerprint density at radius 2 is 1.69 bits per heavy atom. The van der Waals surface area contributed by atoms with Gasteiger partial charge in [0.1, 0.15) is 11.8 Å². The first-order valence-electron chi connectivity index (χ1n) is 11.1. The minimum absolute atomic E-state index is 0.172. The second-order valence-corrected chi connectivity index (χ2v) is 8.42. The Labute approximate surface area is 208 Å². The Kier molecular flexibility index (Phi) is 6.20. The number of ether oxygens (including phenoxy) is 2. The Hall–Kier alpha value is -4.17. The fourth-order valence-corrected chi connectivity index (χ4v) is 4.77. The zero-order chi connectivity index (χ0) is 24.4. The monoisotopic (exact) mass is 484 g/mol. The number of rotatable bonds is 6. The van der Waals surface area contributed by atoms with E-state index < -0.39 is 0 Å². The quantitative estimate of drug-likeness (QED) is 0.310. The van der Waals surface area contributed by atoms with E-state index in [0.717, 1.165) is 28.5 Å². The maximum atomic E-state index is 11.9. The van der Waals surface area contributed by atoms with Gasteiger partial charge in [-0.3, -0.25) is 4.98 Å². The van der Waals surface area contributed by atoms with E-state index in [9.17, 15) is 4.79 Å². The van der Waals surface area contributed by atoms with Gasteiger partial charge in [-0.2, -0.15) is 0 Å². The van der Waals surface area contributed by atoms with Crippen molar-refractivity contribution in [3.8, 4) is 11.4 Å². The summed E-state index contributed by atoms with van der Waals surface area (Å²) in [7, 11) is 3.02. The number of methoxy groups -OCH3 is 2. The highest BCUT2D eigenvalue weighted by Crippen LogP contribution is 2.42. The topological polar surface area (TPSA) is 68.6 Å². The second kappa shape index (κ2) is 9.60. The summed E-state index contributed by atoms with van der Waals surface area (Å²) in [6.45, 7) is 0. The summed E-state index contributed by atoms with van der Waals surface area (Å²) in [5, 5.41) is 4.10. The van der Waals surface area contributed by atoms with Gasteiger partial charge in [0.05, 0.1) is 31.5 Å².